The Hall–Kier alpha value is -1.51. The van der Waals surface area contributed by atoms with Crippen LogP contribution >= 0.6 is 11.6 Å². The number of hydrogen-bond acceptors (Lipinski definition) is 2. The molecule has 0 amide bonds. The topological polar surface area (TPSA) is 21.3 Å². The van der Waals surface area contributed by atoms with Crippen molar-refractivity contribution >= 4 is 11.6 Å². The largest absolute Gasteiger partial charge is 0.494 e. The maximum Gasteiger partial charge on any atom is 0.119 e. The lowest BCUT2D eigenvalue weighted by atomic mass is 9.99. The number of rotatable bonds is 7. The molecule has 0 saturated heterocycles. The smallest absolute Gasteiger partial charge is 0.119 e. The van der Waals surface area contributed by atoms with E-state index in [2.05, 4.69) is 30.4 Å². The van der Waals surface area contributed by atoms with Gasteiger partial charge in [0.05, 0.1) is 6.61 Å². The van der Waals surface area contributed by atoms with Crippen molar-refractivity contribution in [3.05, 3.63) is 64.7 Å². The second-order valence-electron chi connectivity index (χ2n) is 5.06. The van der Waals surface area contributed by atoms with Crippen LogP contribution in [0.3, 0.4) is 0 Å². The Balaban J connectivity index is 2.15. The van der Waals surface area contributed by atoms with Crippen molar-refractivity contribution < 1.29 is 4.74 Å². The monoisotopic (exact) mass is 303 g/mol. The van der Waals surface area contributed by atoms with E-state index in [-0.39, 0.29) is 6.04 Å². The van der Waals surface area contributed by atoms with Crippen LogP contribution in [-0.4, -0.2) is 13.7 Å². The van der Waals surface area contributed by atoms with E-state index in [1.807, 2.05) is 37.4 Å². The van der Waals surface area contributed by atoms with Crippen LogP contribution in [0.1, 0.15) is 30.5 Å². The summed E-state index contributed by atoms with van der Waals surface area (Å²) in [5.41, 5.74) is 2.37. The van der Waals surface area contributed by atoms with Crippen LogP contribution < -0.4 is 10.1 Å². The molecule has 2 rings (SSSR count). The molecule has 0 aliphatic heterocycles. The lowest BCUT2D eigenvalue weighted by molar-refractivity contribution is 0.317. The van der Waals surface area contributed by atoms with Gasteiger partial charge in [0, 0.05) is 11.1 Å². The van der Waals surface area contributed by atoms with E-state index < -0.39 is 0 Å². The van der Waals surface area contributed by atoms with Gasteiger partial charge in [-0.1, -0.05) is 48.9 Å². The summed E-state index contributed by atoms with van der Waals surface area (Å²) < 4.78 is 5.71. The van der Waals surface area contributed by atoms with Crippen LogP contribution in [0.25, 0.3) is 0 Å². The fourth-order valence-corrected chi connectivity index (χ4v) is 2.52. The SMILES string of the molecule is CCCOc1cccc(C(Cc2ccccc2Cl)NC)c1. The first-order valence-corrected chi connectivity index (χ1v) is 7.75. The molecule has 0 fully saturated rings. The molecule has 0 bridgehead atoms. The average Bonchev–Trinajstić information content (AvgIpc) is 2.52. The molecule has 0 spiro atoms. The molecule has 0 aliphatic rings. The van der Waals surface area contributed by atoms with Crippen molar-refractivity contribution in [3.8, 4) is 5.75 Å². The molecular formula is C18H22ClNO. The van der Waals surface area contributed by atoms with Crippen LogP contribution in [0.2, 0.25) is 5.02 Å². The molecular weight excluding hydrogens is 282 g/mol. The van der Waals surface area contributed by atoms with Gasteiger partial charge >= 0.3 is 0 Å². The van der Waals surface area contributed by atoms with E-state index in [4.69, 9.17) is 16.3 Å². The van der Waals surface area contributed by atoms with Gasteiger partial charge in [-0.3, -0.25) is 0 Å². The van der Waals surface area contributed by atoms with Crippen LogP contribution in [-0.2, 0) is 6.42 Å². The predicted molar refractivity (Wildman–Crippen MR) is 89.2 cm³/mol. The van der Waals surface area contributed by atoms with Gasteiger partial charge in [0.15, 0.2) is 0 Å². The number of benzene rings is 2. The van der Waals surface area contributed by atoms with E-state index in [1.165, 1.54) is 5.56 Å². The molecule has 3 heteroatoms. The molecule has 0 radical (unpaired) electrons. The molecule has 1 atom stereocenters. The Morgan fingerprint density at radius 2 is 1.95 bits per heavy atom. The Labute approximate surface area is 132 Å². The molecule has 1 unspecified atom stereocenters. The maximum atomic E-state index is 6.26. The molecule has 0 saturated carbocycles. The standard InChI is InChI=1S/C18H22ClNO/c1-3-11-21-16-9-6-8-15(12-16)18(20-2)13-14-7-4-5-10-17(14)19/h4-10,12,18,20H,3,11,13H2,1-2H3. The van der Waals surface area contributed by atoms with Gasteiger partial charge in [-0.2, -0.15) is 0 Å². The number of halogens is 1. The van der Waals surface area contributed by atoms with Crippen molar-refractivity contribution in [2.45, 2.75) is 25.8 Å². The fraction of sp³-hybridized carbons (Fsp3) is 0.333. The highest BCUT2D eigenvalue weighted by molar-refractivity contribution is 6.31. The van der Waals surface area contributed by atoms with Crippen molar-refractivity contribution in [2.75, 3.05) is 13.7 Å². The van der Waals surface area contributed by atoms with E-state index >= 15 is 0 Å². The van der Waals surface area contributed by atoms with Gasteiger partial charge in [-0.05, 0) is 49.2 Å². The lowest BCUT2D eigenvalue weighted by Gasteiger charge is -2.18. The van der Waals surface area contributed by atoms with Crippen molar-refractivity contribution in [2.24, 2.45) is 0 Å². The molecule has 0 heterocycles. The summed E-state index contributed by atoms with van der Waals surface area (Å²) in [5.74, 6) is 0.925. The number of nitrogens with one attached hydrogen (secondary N) is 1. The average molecular weight is 304 g/mol. The molecule has 21 heavy (non-hydrogen) atoms. The molecule has 2 aromatic rings. The van der Waals surface area contributed by atoms with Crippen LogP contribution in [0, 0.1) is 0 Å². The predicted octanol–water partition coefficient (Wildman–Crippen LogP) is 4.63. The van der Waals surface area contributed by atoms with Crippen LogP contribution in [0.15, 0.2) is 48.5 Å². The zero-order valence-electron chi connectivity index (χ0n) is 12.6. The first-order valence-electron chi connectivity index (χ1n) is 7.38. The molecule has 1 N–H and O–H groups in total. The van der Waals surface area contributed by atoms with Gasteiger partial charge < -0.3 is 10.1 Å². The van der Waals surface area contributed by atoms with E-state index in [9.17, 15) is 0 Å². The minimum atomic E-state index is 0.218. The normalized spacial score (nSPS) is 12.1. The minimum absolute atomic E-state index is 0.218. The maximum absolute atomic E-state index is 6.26. The zero-order chi connectivity index (χ0) is 15.1. The fourth-order valence-electron chi connectivity index (χ4n) is 2.31. The lowest BCUT2D eigenvalue weighted by Crippen LogP contribution is -2.19. The number of ether oxygens (including phenoxy) is 1. The number of hydrogen-bond donors (Lipinski definition) is 1. The van der Waals surface area contributed by atoms with Crippen molar-refractivity contribution in [3.63, 3.8) is 0 Å². The molecule has 0 aromatic heterocycles. The zero-order valence-corrected chi connectivity index (χ0v) is 13.4. The van der Waals surface area contributed by atoms with E-state index in [0.717, 1.165) is 35.8 Å². The summed E-state index contributed by atoms with van der Waals surface area (Å²) in [5, 5.41) is 4.18. The highest BCUT2D eigenvalue weighted by atomic mass is 35.5. The Morgan fingerprint density at radius 3 is 2.67 bits per heavy atom. The molecule has 2 nitrogen and oxygen atoms in total. The first kappa shape index (κ1) is 15.9. The molecule has 2 aromatic carbocycles. The highest BCUT2D eigenvalue weighted by Crippen LogP contribution is 2.25. The quantitative estimate of drug-likeness (QED) is 0.805. The Morgan fingerprint density at radius 1 is 1.14 bits per heavy atom. The first-order chi connectivity index (χ1) is 10.2. The Bertz CT molecular complexity index is 571. The third-order valence-corrected chi connectivity index (χ3v) is 3.83. The molecule has 112 valence electrons. The second kappa shape index (κ2) is 8.06. The second-order valence-corrected chi connectivity index (χ2v) is 5.46. The van der Waals surface area contributed by atoms with E-state index in [1.54, 1.807) is 0 Å². The number of likely N-dealkylation sites (N-methyl/N-ethyl adjacent to an activating group) is 1. The minimum Gasteiger partial charge on any atom is -0.494 e. The highest BCUT2D eigenvalue weighted by Gasteiger charge is 2.12. The summed E-state index contributed by atoms with van der Waals surface area (Å²) in [6, 6.07) is 16.5. The van der Waals surface area contributed by atoms with Gasteiger partial charge in [0.25, 0.3) is 0 Å². The van der Waals surface area contributed by atoms with Crippen molar-refractivity contribution in [1.82, 2.24) is 5.32 Å². The van der Waals surface area contributed by atoms with Gasteiger partial charge in [0.1, 0.15) is 5.75 Å². The van der Waals surface area contributed by atoms with Gasteiger partial charge in [-0.25, -0.2) is 0 Å². The summed E-state index contributed by atoms with van der Waals surface area (Å²) in [6.07, 6.45) is 1.87. The summed E-state index contributed by atoms with van der Waals surface area (Å²) in [7, 11) is 1.97. The summed E-state index contributed by atoms with van der Waals surface area (Å²) >= 11 is 6.26. The Kier molecular flexibility index (Phi) is 6.09. The van der Waals surface area contributed by atoms with E-state index in [0.29, 0.717) is 0 Å². The third-order valence-electron chi connectivity index (χ3n) is 3.46. The summed E-state index contributed by atoms with van der Waals surface area (Å²) in [4.78, 5) is 0. The van der Waals surface area contributed by atoms with Crippen LogP contribution in [0.5, 0.6) is 5.75 Å². The molecule has 0 aliphatic carbocycles. The van der Waals surface area contributed by atoms with Gasteiger partial charge in [-0.15, -0.1) is 0 Å². The van der Waals surface area contributed by atoms with Gasteiger partial charge in [0.2, 0.25) is 0 Å². The van der Waals surface area contributed by atoms with Crippen LogP contribution in [0.4, 0.5) is 0 Å². The van der Waals surface area contributed by atoms with Crippen molar-refractivity contribution in [1.29, 1.82) is 0 Å². The third kappa shape index (κ3) is 4.48. The summed E-state index contributed by atoms with van der Waals surface area (Å²) in [6.45, 7) is 2.86.